The van der Waals surface area contributed by atoms with E-state index in [9.17, 15) is 9.18 Å². The van der Waals surface area contributed by atoms with Gasteiger partial charge in [0.2, 0.25) is 0 Å². The molecule has 0 saturated carbocycles. The molecule has 1 amide bonds. The number of carbonyl (C=O) groups is 1. The molecule has 0 radical (unpaired) electrons. The van der Waals surface area contributed by atoms with Crippen LogP contribution in [-0.2, 0) is 17.7 Å². The quantitative estimate of drug-likeness (QED) is 0.794. The van der Waals surface area contributed by atoms with Gasteiger partial charge in [0.15, 0.2) is 0 Å². The number of hydrogen-bond acceptors (Lipinski definition) is 3. The Morgan fingerprint density at radius 1 is 1.35 bits per heavy atom. The Labute approximate surface area is 118 Å². The molecule has 0 unspecified atom stereocenters. The van der Waals surface area contributed by atoms with Gasteiger partial charge in [-0.25, -0.2) is 9.18 Å². The maximum absolute atomic E-state index is 13.9. The van der Waals surface area contributed by atoms with Gasteiger partial charge in [-0.1, -0.05) is 0 Å². The Balaban J connectivity index is 2.18. The summed E-state index contributed by atoms with van der Waals surface area (Å²) in [6.45, 7) is 6.28. The van der Waals surface area contributed by atoms with Gasteiger partial charge >= 0.3 is 6.09 Å². The molecule has 0 aromatic heterocycles. The standard InChI is InChI=1S/C15H20FNO3/c1-15(2,3)20-14(18)17-6-5-12-10(9-17)7-11(19-4)8-13(12)16/h7-8H,5-6,9H2,1-4H3. The Hall–Kier alpha value is -1.78. The maximum atomic E-state index is 13.9. The highest BCUT2D eigenvalue weighted by Gasteiger charge is 2.27. The summed E-state index contributed by atoms with van der Waals surface area (Å²) in [4.78, 5) is 13.6. The molecule has 1 aliphatic rings. The third-order valence-corrected chi connectivity index (χ3v) is 3.14. The molecule has 110 valence electrons. The molecule has 20 heavy (non-hydrogen) atoms. The molecule has 0 saturated heterocycles. The van der Waals surface area contributed by atoms with Crippen LogP contribution in [0.4, 0.5) is 9.18 Å². The lowest BCUT2D eigenvalue weighted by Crippen LogP contribution is -2.40. The summed E-state index contributed by atoms with van der Waals surface area (Å²) in [5, 5.41) is 0. The van der Waals surface area contributed by atoms with E-state index in [1.807, 2.05) is 20.8 Å². The maximum Gasteiger partial charge on any atom is 0.410 e. The molecule has 2 rings (SSSR count). The first-order chi connectivity index (χ1) is 9.30. The first-order valence-corrected chi connectivity index (χ1v) is 6.63. The first-order valence-electron chi connectivity index (χ1n) is 6.63. The number of benzene rings is 1. The number of halogens is 1. The van der Waals surface area contributed by atoms with Crippen molar-refractivity contribution in [2.75, 3.05) is 13.7 Å². The van der Waals surface area contributed by atoms with E-state index >= 15 is 0 Å². The lowest BCUT2D eigenvalue weighted by molar-refractivity contribution is 0.0222. The molecular formula is C15H20FNO3. The van der Waals surface area contributed by atoms with Crippen LogP contribution < -0.4 is 4.74 Å². The van der Waals surface area contributed by atoms with Crippen molar-refractivity contribution in [1.29, 1.82) is 0 Å². The van der Waals surface area contributed by atoms with E-state index in [0.717, 1.165) is 5.56 Å². The zero-order valence-electron chi connectivity index (χ0n) is 12.3. The Kier molecular flexibility index (Phi) is 3.88. The van der Waals surface area contributed by atoms with Gasteiger partial charge in [-0.05, 0) is 44.4 Å². The predicted octanol–water partition coefficient (Wildman–Crippen LogP) is 3.13. The lowest BCUT2D eigenvalue weighted by Gasteiger charge is -2.31. The highest BCUT2D eigenvalue weighted by atomic mass is 19.1. The van der Waals surface area contributed by atoms with Crippen LogP contribution in [0, 0.1) is 5.82 Å². The minimum absolute atomic E-state index is 0.275. The van der Waals surface area contributed by atoms with E-state index in [4.69, 9.17) is 9.47 Å². The van der Waals surface area contributed by atoms with E-state index in [-0.39, 0.29) is 11.9 Å². The van der Waals surface area contributed by atoms with E-state index in [2.05, 4.69) is 0 Å². The van der Waals surface area contributed by atoms with Gasteiger partial charge in [-0.15, -0.1) is 0 Å². The SMILES string of the molecule is COc1cc(F)c2c(c1)CN(C(=O)OC(C)(C)C)CC2. The average Bonchev–Trinajstić information content (AvgIpc) is 2.35. The fourth-order valence-electron chi connectivity index (χ4n) is 2.22. The molecule has 0 atom stereocenters. The normalized spacial score (nSPS) is 14.8. The van der Waals surface area contributed by atoms with Crippen molar-refractivity contribution in [2.45, 2.75) is 39.3 Å². The Morgan fingerprint density at radius 3 is 2.65 bits per heavy atom. The van der Waals surface area contributed by atoms with Crippen molar-refractivity contribution < 1.29 is 18.7 Å². The highest BCUT2D eigenvalue weighted by Crippen LogP contribution is 2.27. The number of rotatable bonds is 1. The fraction of sp³-hybridized carbons (Fsp3) is 0.533. The van der Waals surface area contributed by atoms with Crippen LogP contribution in [0.3, 0.4) is 0 Å². The second-order valence-electron chi connectivity index (χ2n) is 5.90. The van der Waals surface area contributed by atoms with Gasteiger partial charge in [0.25, 0.3) is 0 Å². The summed E-state index contributed by atoms with van der Waals surface area (Å²) in [6, 6.07) is 3.15. The molecule has 1 aliphatic heterocycles. The van der Waals surface area contributed by atoms with Crippen LogP contribution in [0.5, 0.6) is 5.75 Å². The van der Waals surface area contributed by atoms with E-state index in [1.54, 1.807) is 11.0 Å². The van der Waals surface area contributed by atoms with Crippen LogP contribution in [0.2, 0.25) is 0 Å². The lowest BCUT2D eigenvalue weighted by atomic mass is 9.99. The van der Waals surface area contributed by atoms with Crippen LogP contribution in [-0.4, -0.2) is 30.2 Å². The number of methoxy groups -OCH3 is 1. The van der Waals surface area contributed by atoms with E-state index in [0.29, 0.717) is 30.8 Å². The van der Waals surface area contributed by atoms with Crippen LogP contribution in [0.15, 0.2) is 12.1 Å². The zero-order chi connectivity index (χ0) is 14.9. The van der Waals surface area contributed by atoms with Gasteiger partial charge in [0.1, 0.15) is 17.2 Å². The largest absolute Gasteiger partial charge is 0.497 e. The zero-order valence-corrected chi connectivity index (χ0v) is 12.3. The molecular weight excluding hydrogens is 261 g/mol. The molecule has 0 fully saturated rings. The molecule has 5 heteroatoms. The molecule has 0 spiro atoms. The molecule has 0 aliphatic carbocycles. The van der Waals surface area contributed by atoms with Crippen molar-refractivity contribution in [3.05, 3.63) is 29.1 Å². The van der Waals surface area contributed by atoms with Crippen LogP contribution in [0.1, 0.15) is 31.9 Å². The van der Waals surface area contributed by atoms with Crippen molar-refractivity contribution in [2.24, 2.45) is 0 Å². The molecule has 1 heterocycles. The Morgan fingerprint density at radius 2 is 2.05 bits per heavy atom. The number of carbonyl (C=O) groups excluding carboxylic acids is 1. The minimum atomic E-state index is -0.531. The van der Waals surface area contributed by atoms with Gasteiger partial charge < -0.3 is 14.4 Å². The molecule has 1 aromatic carbocycles. The number of hydrogen-bond donors (Lipinski definition) is 0. The van der Waals surface area contributed by atoms with Crippen molar-refractivity contribution in [3.8, 4) is 5.75 Å². The molecule has 4 nitrogen and oxygen atoms in total. The molecule has 0 N–H and O–H groups in total. The molecule has 1 aromatic rings. The second kappa shape index (κ2) is 5.31. The van der Waals surface area contributed by atoms with E-state index < -0.39 is 5.60 Å². The van der Waals surface area contributed by atoms with E-state index in [1.165, 1.54) is 13.2 Å². The third kappa shape index (κ3) is 3.21. The summed E-state index contributed by atoms with van der Waals surface area (Å²) >= 11 is 0. The minimum Gasteiger partial charge on any atom is -0.497 e. The van der Waals surface area contributed by atoms with Gasteiger partial charge in [0.05, 0.1) is 7.11 Å². The highest BCUT2D eigenvalue weighted by molar-refractivity contribution is 5.68. The van der Waals surface area contributed by atoms with Crippen molar-refractivity contribution >= 4 is 6.09 Å². The number of amides is 1. The summed E-state index contributed by atoms with van der Waals surface area (Å²) in [6.07, 6.45) is 0.121. The first kappa shape index (κ1) is 14.6. The number of fused-ring (bicyclic) bond motifs is 1. The van der Waals surface area contributed by atoms with Gasteiger partial charge in [-0.3, -0.25) is 0 Å². The summed E-state index contributed by atoms with van der Waals surface area (Å²) in [5.74, 6) is 0.190. The predicted molar refractivity (Wildman–Crippen MR) is 73.3 cm³/mol. The smallest absolute Gasteiger partial charge is 0.410 e. The van der Waals surface area contributed by atoms with Gasteiger partial charge in [0, 0.05) is 19.2 Å². The van der Waals surface area contributed by atoms with Crippen molar-refractivity contribution in [1.82, 2.24) is 4.90 Å². The number of ether oxygens (including phenoxy) is 2. The Bertz CT molecular complexity index is 523. The monoisotopic (exact) mass is 281 g/mol. The van der Waals surface area contributed by atoms with Crippen molar-refractivity contribution in [3.63, 3.8) is 0 Å². The average molecular weight is 281 g/mol. The summed E-state index contributed by atoms with van der Waals surface area (Å²) < 4.78 is 24.3. The fourth-order valence-corrected chi connectivity index (χ4v) is 2.22. The summed E-state index contributed by atoms with van der Waals surface area (Å²) in [5.41, 5.74) is 0.904. The van der Waals surface area contributed by atoms with Crippen LogP contribution in [0.25, 0.3) is 0 Å². The summed E-state index contributed by atoms with van der Waals surface area (Å²) in [7, 11) is 1.50. The van der Waals surface area contributed by atoms with Crippen LogP contribution >= 0.6 is 0 Å². The number of nitrogens with zero attached hydrogens (tertiary/aromatic N) is 1. The van der Waals surface area contributed by atoms with Gasteiger partial charge in [-0.2, -0.15) is 0 Å². The topological polar surface area (TPSA) is 38.8 Å². The second-order valence-corrected chi connectivity index (χ2v) is 5.90. The third-order valence-electron chi connectivity index (χ3n) is 3.14. The molecule has 0 bridgehead atoms.